The number of rotatable bonds is 1. The molecule has 0 radical (unpaired) electrons. The summed E-state index contributed by atoms with van der Waals surface area (Å²) < 4.78 is 0. The number of halogens is 1. The highest BCUT2D eigenvalue weighted by molar-refractivity contribution is 5.85. The van der Waals surface area contributed by atoms with Gasteiger partial charge >= 0.3 is 0 Å². The Morgan fingerprint density at radius 3 is 2.55 bits per heavy atom. The highest BCUT2D eigenvalue weighted by Gasteiger charge is 1.93. The number of aromatic nitrogens is 1. The standard InChI is InChI=1S/C8H11NO.ClH/c1-3-7-5-4-6(2)9-8(7)10;/h4-5H,3H2,1-2H3,(H,9,10);1H. The van der Waals surface area contributed by atoms with Gasteiger partial charge in [0.2, 0.25) is 0 Å². The molecule has 1 rings (SSSR count). The molecule has 0 aliphatic rings. The van der Waals surface area contributed by atoms with Crippen LogP contribution in [0.25, 0.3) is 0 Å². The first-order chi connectivity index (χ1) is 4.74. The first-order valence-corrected chi connectivity index (χ1v) is 3.43. The fourth-order valence-corrected chi connectivity index (χ4v) is 0.881. The van der Waals surface area contributed by atoms with Crippen LogP contribution < -0.4 is 5.56 Å². The summed E-state index contributed by atoms with van der Waals surface area (Å²) in [6, 6.07) is 3.79. The first-order valence-electron chi connectivity index (χ1n) is 3.43. The molecule has 0 unspecified atom stereocenters. The van der Waals surface area contributed by atoms with Crippen LogP contribution in [0.1, 0.15) is 18.2 Å². The van der Waals surface area contributed by atoms with Crippen molar-refractivity contribution in [2.45, 2.75) is 20.3 Å². The van der Waals surface area contributed by atoms with Crippen LogP contribution in [-0.4, -0.2) is 4.98 Å². The van der Waals surface area contributed by atoms with E-state index >= 15 is 0 Å². The molecular formula is C8H12ClNO. The third-order valence-corrected chi connectivity index (χ3v) is 1.52. The highest BCUT2D eigenvalue weighted by Crippen LogP contribution is 1.92. The van der Waals surface area contributed by atoms with Crippen LogP contribution in [0.2, 0.25) is 0 Å². The third-order valence-electron chi connectivity index (χ3n) is 1.52. The number of pyridine rings is 1. The summed E-state index contributed by atoms with van der Waals surface area (Å²) in [5.74, 6) is 0. The number of hydrogen-bond donors (Lipinski definition) is 1. The third kappa shape index (κ3) is 2.39. The van der Waals surface area contributed by atoms with Crippen LogP contribution >= 0.6 is 12.4 Å². The van der Waals surface area contributed by atoms with Crippen LogP contribution in [0.4, 0.5) is 0 Å². The topological polar surface area (TPSA) is 32.9 Å². The molecule has 3 heteroatoms. The summed E-state index contributed by atoms with van der Waals surface area (Å²) in [5.41, 5.74) is 1.82. The van der Waals surface area contributed by atoms with E-state index in [2.05, 4.69) is 4.98 Å². The minimum atomic E-state index is 0. The summed E-state index contributed by atoms with van der Waals surface area (Å²) in [5, 5.41) is 0. The number of nitrogens with one attached hydrogen (secondary N) is 1. The van der Waals surface area contributed by atoms with E-state index in [1.807, 2.05) is 26.0 Å². The molecule has 0 spiro atoms. The molecule has 2 nitrogen and oxygen atoms in total. The van der Waals surface area contributed by atoms with E-state index in [-0.39, 0.29) is 18.0 Å². The van der Waals surface area contributed by atoms with E-state index in [1.165, 1.54) is 0 Å². The van der Waals surface area contributed by atoms with Gasteiger partial charge in [-0.1, -0.05) is 13.0 Å². The largest absolute Gasteiger partial charge is 0.326 e. The molecule has 0 aromatic carbocycles. The van der Waals surface area contributed by atoms with Crippen molar-refractivity contribution in [2.75, 3.05) is 0 Å². The number of H-pyrrole nitrogens is 1. The van der Waals surface area contributed by atoms with Gasteiger partial charge in [-0.3, -0.25) is 4.79 Å². The monoisotopic (exact) mass is 173 g/mol. The zero-order chi connectivity index (χ0) is 7.56. The van der Waals surface area contributed by atoms with E-state index < -0.39 is 0 Å². The number of aromatic amines is 1. The molecule has 1 aromatic heterocycles. The van der Waals surface area contributed by atoms with Crippen LogP contribution in [-0.2, 0) is 6.42 Å². The van der Waals surface area contributed by atoms with Gasteiger partial charge < -0.3 is 4.98 Å². The van der Waals surface area contributed by atoms with E-state index in [9.17, 15) is 4.79 Å². The van der Waals surface area contributed by atoms with Crippen molar-refractivity contribution >= 4 is 12.4 Å². The van der Waals surface area contributed by atoms with Crippen molar-refractivity contribution in [3.63, 3.8) is 0 Å². The fourth-order valence-electron chi connectivity index (χ4n) is 0.881. The SMILES string of the molecule is CCc1ccc(C)[nH]c1=O.Cl. The lowest BCUT2D eigenvalue weighted by atomic mass is 10.2. The smallest absolute Gasteiger partial charge is 0.251 e. The maximum atomic E-state index is 11.0. The highest BCUT2D eigenvalue weighted by atomic mass is 35.5. The van der Waals surface area contributed by atoms with Crippen molar-refractivity contribution < 1.29 is 0 Å². The Morgan fingerprint density at radius 2 is 2.09 bits per heavy atom. The Morgan fingerprint density at radius 1 is 1.45 bits per heavy atom. The summed E-state index contributed by atoms with van der Waals surface area (Å²) in [7, 11) is 0. The normalized spacial score (nSPS) is 8.91. The molecule has 62 valence electrons. The second-order valence-electron chi connectivity index (χ2n) is 2.35. The van der Waals surface area contributed by atoms with Crippen LogP contribution in [0.5, 0.6) is 0 Å². The van der Waals surface area contributed by atoms with E-state index in [4.69, 9.17) is 0 Å². The minimum absolute atomic E-state index is 0. The average Bonchev–Trinajstić information content (AvgIpc) is 1.88. The lowest BCUT2D eigenvalue weighted by Crippen LogP contribution is -2.11. The fraction of sp³-hybridized carbons (Fsp3) is 0.375. The number of aryl methyl sites for hydroxylation is 2. The van der Waals surface area contributed by atoms with E-state index in [1.54, 1.807) is 0 Å². The molecule has 0 aliphatic heterocycles. The Balaban J connectivity index is 0.000001000. The average molecular weight is 174 g/mol. The zero-order valence-electron chi connectivity index (χ0n) is 6.68. The molecule has 0 amide bonds. The lowest BCUT2D eigenvalue weighted by Gasteiger charge is -1.94. The summed E-state index contributed by atoms with van der Waals surface area (Å²) in [6.07, 6.45) is 0.801. The van der Waals surface area contributed by atoms with Gasteiger partial charge in [0.1, 0.15) is 0 Å². The van der Waals surface area contributed by atoms with Crippen LogP contribution in [0.15, 0.2) is 16.9 Å². The predicted molar refractivity (Wildman–Crippen MR) is 48.4 cm³/mol. The molecule has 0 atom stereocenters. The van der Waals surface area contributed by atoms with E-state index in [0.29, 0.717) is 0 Å². The van der Waals surface area contributed by atoms with Gasteiger partial charge in [-0.25, -0.2) is 0 Å². The van der Waals surface area contributed by atoms with E-state index in [0.717, 1.165) is 17.7 Å². The molecule has 0 aliphatic carbocycles. The number of hydrogen-bond acceptors (Lipinski definition) is 1. The second-order valence-corrected chi connectivity index (χ2v) is 2.35. The maximum absolute atomic E-state index is 11.0. The Bertz CT molecular complexity index is 280. The van der Waals surface area contributed by atoms with Crippen LogP contribution in [0, 0.1) is 6.92 Å². The maximum Gasteiger partial charge on any atom is 0.251 e. The first kappa shape index (κ1) is 10.2. The van der Waals surface area contributed by atoms with Gasteiger partial charge in [-0.2, -0.15) is 0 Å². The van der Waals surface area contributed by atoms with Gasteiger partial charge in [0.05, 0.1) is 0 Å². The molecule has 0 fully saturated rings. The molecule has 1 heterocycles. The molecule has 1 aromatic rings. The minimum Gasteiger partial charge on any atom is -0.326 e. The van der Waals surface area contributed by atoms with Crippen molar-refractivity contribution in [3.05, 3.63) is 33.7 Å². The molecular weight excluding hydrogens is 162 g/mol. The van der Waals surface area contributed by atoms with Crippen molar-refractivity contribution in [3.8, 4) is 0 Å². The summed E-state index contributed by atoms with van der Waals surface area (Å²) in [6.45, 7) is 3.85. The Kier molecular flexibility index (Phi) is 3.90. The Labute approximate surface area is 72.1 Å². The quantitative estimate of drug-likeness (QED) is 0.689. The molecule has 0 bridgehead atoms. The summed E-state index contributed by atoms with van der Waals surface area (Å²) >= 11 is 0. The van der Waals surface area contributed by atoms with Gasteiger partial charge in [-0.05, 0) is 19.4 Å². The molecule has 11 heavy (non-hydrogen) atoms. The van der Waals surface area contributed by atoms with Crippen molar-refractivity contribution in [2.24, 2.45) is 0 Å². The van der Waals surface area contributed by atoms with Crippen molar-refractivity contribution in [1.82, 2.24) is 4.98 Å². The zero-order valence-corrected chi connectivity index (χ0v) is 7.49. The predicted octanol–water partition coefficient (Wildman–Crippen LogP) is 1.67. The molecule has 1 N–H and O–H groups in total. The summed E-state index contributed by atoms with van der Waals surface area (Å²) in [4.78, 5) is 13.7. The second kappa shape index (κ2) is 4.19. The lowest BCUT2D eigenvalue weighted by molar-refractivity contribution is 1.03. The Hall–Kier alpha value is -0.760. The van der Waals surface area contributed by atoms with Crippen LogP contribution in [0.3, 0.4) is 0 Å². The van der Waals surface area contributed by atoms with Gasteiger partial charge in [0.25, 0.3) is 5.56 Å². The van der Waals surface area contributed by atoms with Gasteiger partial charge in [0, 0.05) is 11.3 Å². The van der Waals surface area contributed by atoms with Crippen molar-refractivity contribution in [1.29, 1.82) is 0 Å². The molecule has 0 saturated heterocycles. The molecule has 0 saturated carbocycles. The van der Waals surface area contributed by atoms with Gasteiger partial charge in [0.15, 0.2) is 0 Å². The van der Waals surface area contributed by atoms with Gasteiger partial charge in [-0.15, -0.1) is 12.4 Å².